The van der Waals surface area contributed by atoms with Crippen LogP contribution < -0.4 is 32.5 Å². The Bertz CT molecular complexity index is 1170. The number of hydrogen-bond donors (Lipinski definition) is 6. The molecular weight excluding hydrogens is 600 g/mol. The highest BCUT2D eigenvalue weighted by Crippen LogP contribution is 2.59. The van der Waals surface area contributed by atoms with Gasteiger partial charge in [0.25, 0.3) is 0 Å². The second-order valence-corrected chi connectivity index (χ2v) is 13.1. The number of alkyl carbamates (subject to hydrolysis) is 1. The van der Waals surface area contributed by atoms with Crippen molar-refractivity contribution in [3.63, 3.8) is 0 Å². The van der Waals surface area contributed by atoms with E-state index in [1.165, 1.54) is 5.57 Å². The number of Topliss-reactive ketones (excluding diaryl/α,β-unsaturated/α-hetero) is 2. The van der Waals surface area contributed by atoms with Gasteiger partial charge < -0.3 is 40.6 Å². The van der Waals surface area contributed by atoms with Crippen LogP contribution in [0.15, 0.2) is 11.6 Å². The molecule has 2 saturated carbocycles. The lowest BCUT2D eigenvalue weighted by molar-refractivity contribution is -0.136. The van der Waals surface area contributed by atoms with E-state index in [2.05, 4.69) is 53.6 Å². The molecular formula is C31H50N6O9. The Hall–Kier alpha value is -2.95. The molecule has 4 unspecified atom stereocenters. The number of carbonyl (C=O) groups is 5. The summed E-state index contributed by atoms with van der Waals surface area (Å²) < 4.78 is 24.2. The van der Waals surface area contributed by atoms with Crippen LogP contribution in [0.2, 0.25) is 0 Å². The first-order valence-electron chi connectivity index (χ1n) is 16.1. The molecule has 0 radical (unpaired) electrons. The molecule has 0 aromatic carbocycles. The third-order valence-electron chi connectivity index (χ3n) is 9.48. The molecule has 0 bridgehead atoms. The van der Waals surface area contributed by atoms with E-state index in [9.17, 15) is 24.0 Å². The second-order valence-electron chi connectivity index (χ2n) is 13.1. The van der Waals surface area contributed by atoms with Crippen molar-refractivity contribution in [3.05, 3.63) is 11.6 Å². The summed E-state index contributed by atoms with van der Waals surface area (Å²) in [7, 11) is 1.65. The van der Waals surface area contributed by atoms with Gasteiger partial charge in [0.1, 0.15) is 23.4 Å². The van der Waals surface area contributed by atoms with Gasteiger partial charge in [0.05, 0.1) is 44.8 Å². The van der Waals surface area contributed by atoms with Gasteiger partial charge in [-0.15, -0.1) is 0 Å². The first-order valence-corrected chi connectivity index (χ1v) is 16.1. The van der Waals surface area contributed by atoms with Crippen LogP contribution in [0, 0.1) is 5.92 Å². The maximum absolute atomic E-state index is 13.0. The third-order valence-corrected chi connectivity index (χ3v) is 9.48. The SMILES string of the molecule is COC1C(OC(=O)N[C@H]2CC[C@H](NC(=O)CNNCC(=O)C(=O)CNC(=O)CN)CC2)CC[C@]2(CO2)C1C1(C)O[C@@H]1CC=C(C)C. The number of carbonyl (C=O) groups excluding carboxylic acids is 5. The number of allylic oxidation sites excluding steroid dienone is 1. The van der Waals surface area contributed by atoms with E-state index in [1.54, 1.807) is 7.11 Å². The van der Waals surface area contributed by atoms with Crippen molar-refractivity contribution in [1.82, 2.24) is 26.8 Å². The van der Waals surface area contributed by atoms with Crippen molar-refractivity contribution in [2.75, 3.05) is 39.9 Å². The first kappa shape index (κ1) is 35.9. The van der Waals surface area contributed by atoms with Crippen LogP contribution in [-0.2, 0) is 38.1 Å². The normalized spacial score (nSPS) is 33.0. The van der Waals surface area contributed by atoms with E-state index in [4.69, 9.17) is 24.7 Å². The molecule has 15 nitrogen and oxygen atoms in total. The molecule has 2 aliphatic carbocycles. The minimum atomic E-state index is -0.774. The number of nitrogens with two attached hydrogens (primary N) is 1. The number of epoxide rings is 2. The van der Waals surface area contributed by atoms with Gasteiger partial charge in [-0.05, 0) is 65.7 Å². The predicted octanol–water partition coefficient (Wildman–Crippen LogP) is -0.476. The van der Waals surface area contributed by atoms with Gasteiger partial charge in [0, 0.05) is 19.2 Å². The standard InChI is InChI=1S/C31H50N6O9/c1-18(2)5-10-24-30(3,46-24)28-27(43-4)23(11-12-31(28)17-44-31)45-29(42)37-20-8-6-19(7-9-20)36-26(41)16-35-34-15-22(39)21(38)14-33-25(40)13-32/h5,19-20,23-24,27-28,34-35H,6-17,32H2,1-4H3,(H,33,40)(H,36,41)(H,37,42)/t19-,20-,23?,24-,27?,28?,30?,31+/m1/s1. The summed E-state index contributed by atoms with van der Waals surface area (Å²) >= 11 is 0. The average Bonchev–Trinajstić information content (AvgIpc) is 3.94. The molecule has 0 aromatic rings. The van der Waals surface area contributed by atoms with Gasteiger partial charge in [-0.2, -0.15) is 0 Å². The van der Waals surface area contributed by atoms with E-state index < -0.39 is 41.8 Å². The van der Waals surface area contributed by atoms with Crippen LogP contribution in [0.1, 0.15) is 65.7 Å². The lowest BCUT2D eigenvalue weighted by Gasteiger charge is -2.42. The van der Waals surface area contributed by atoms with Gasteiger partial charge in [-0.3, -0.25) is 19.2 Å². The smallest absolute Gasteiger partial charge is 0.407 e. The largest absolute Gasteiger partial charge is 0.443 e. The molecule has 4 rings (SSSR count). The fourth-order valence-electron chi connectivity index (χ4n) is 6.80. The monoisotopic (exact) mass is 650 g/mol. The Morgan fingerprint density at radius 3 is 2.15 bits per heavy atom. The molecule has 7 N–H and O–H groups in total. The van der Waals surface area contributed by atoms with Crippen molar-refractivity contribution >= 4 is 29.5 Å². The molecule has 258 valence electrons. The molecule has 2 aliphatic heterocycles. The van der Waals surface area contributed by atoms with E-state index >= 15 is 0 Å². The summed E-state index contributed by atoms with van der Waals surface area (Å²) in [5.74, 6) is -2.38. The van der Waals surface area contributed by atoms with E-state index in [-0.39, 0.29) is 61.4 Å². The van der Waals surface area contributed by atoms with Crippen LogP contribution in [0.3, 0.4) is 0 Å². The van der Waals surface area contributed by atoms with Crippen LogP contribution in [0.5, 0.6) is 0 Å². The quantitative estimate of drug-likeness (QED) is 0.0411. The van der Waals surface area contributed by atoms with Gasteiger partial charge in [0.15, 0.2) is 0 Å². The number of rotatable bonds is 16. The van der Waals surface area contributed by atoms with Crippen LogP contribution >= 0.6 is 0 Å². The van der Waals surface area contributed by atoms with Gasteiger partial charge in [-0.1, -0.05) is 11.6 Å². The zero-order valence-corrected chi connectivity index (χ0v) is 27.3. The molecule has 2 heterocycles. The maximum Gasteiger partial charge on any atom is 0.407 e. The number of hydrogen-bond acceptors (Lipinski definition) is 12. The molecule has 2 saturated heterocycles. The molecule has 1 spiro atoms. The number of nitrogens with one attached hydrogen (secondary N) is 5. The first-order chi connectivity index (χ1) is 21.9. The van der Waals surface area contributed by atoms with E-state index in [0.29, 0.717) is 38.7 Å². The van der Waals surface area contributed by atoms with Crippen molar-refractivity contribution in [3.8, 4) is 0 Å². The maximum atomic E-state index is 13.0. The van der Waals surface area contributed by atoms with Crippen LogP contribution in [0.25, 0.3) is 0 Å². The zero-order chi connectivity index (χ0) is 33.5. The number of hydrazine groups is 1. The van der Waals surface area contributed by atoms with Crippen molar-refractivity contribution < 1.29 is 42.9 Å². The lowest BCUT2D eigenvalue weighted by atomic mass is 9.68. The van der Waals surface area contributed by atoms with Crippen LogP contribution in [0.4, 0.5) is 4.79 Å². The lowest BCUT2D eigenvalue weighted by Crippen LogP contribution is -2.56. The van der Waals surface area contributed by atoms with E-state index in [0.717, 1.165) is 12.8 Å². The molecule has 0 aromatic heterocycles. The molecule has 6 atom stereocenters. The predicted molar refractivity (Wildman–Crippen MR) is 165 cm³/mol. The van der Waals surface area contributed by atoms with Crippen molar-refractivity contribution in [1.29, 1.82) is 0 Å². The summed E-state index contributed by atoms with van der Waals surface area (Å²) in [6, 6.07) is -0.127. The Balaban J connectivity index is 1.14. The van der Waals surface area contributed by atoms with Crippen molar-refractivity contribution in [2.24, 2.45) is 11.7 Å². The van der Waals surface area contributed by atoms with Gasteiger partial charge in [-0.25, -0.2) is 15.6 Å². The Morgan fingerprint density at radius 1 is 0.913 bits per heavy atom. The summed E-state index contributed by atoms with van der Waals surface area (Å²) in [5.41, 5.74) is 10.8. The molecule has 15 heteroatoms. The molecule has 4 aliphatic rings. The Labute approximate surface area is 269 Å². The Kier molecular flexibility index (Phi) is 12.3. The summed E-state index contributed by atoms with van der Waals surface area (Å²) in [6.45, 7) is 5.78. The number of ether oxygens (including phenoxy) is 4. The highest BCUT2D eigenvalue weighted by atomic mass is 16.6. The topological polar surface area (TPSA) is 215 Å². The van der Waals surface area contributed by atoms with Gasteiger partial charge in [0.2, 0.25) is 23.4 Å². The highest BCUT2D eigenvalue weighted by Gasteiger charge is 2.72. The number of ketones is 2. The third kappa shape index (κ3) is 9.32. The van der Waals surface area contributed by atoms with Crippen molar-refractivity contribution in [2.45, 2.75) is 107 Å². The van der Waals surface area contributed by atoms with E-state index in [1.807, 2.05) is 0 Å². The average molecular weight is 651 g/mol. The fraction of sp³-hybridized carbons (Fsp3) is 0.774. The summed E-state index contributed by atoms with van der Waals surface area (Å²) in [6.07, 6.45) is 6.00. The Morgan fingerprint density at radius 2 is 1.54 bits per heavy atom. The molecule has 4 fully saturated rings. The highest BCUT2D eigenvalue weighted by molar-refractivity contribution is 6.39. The minimum absolute atomic E-state index is 0.0467. The van der Waals surface area contributed by atoms with Crippen LogP contribution in [-0.4, -0.2) is 111 Å². The molecule has 46 heavy (non-hydrogen) atoms. The van der Waals surface area contributed by atoms with Gasteiger partial charge >= 0.3 is 6.09 Å². The number of methoxy groups -OCH3 is 1. The minimum Gasteiger partial charge on any atom is -0.443 e. The fourth-order valence-corrected chi connectivity index (χ4v) is 6.80. The second kappa shape index (κ2) is 15.8. The number of amides is 3. The molecule has 3 amide bonds. The summed E-state index contributed by atoms with van der Waals surface area (Å²) in [4.78, 5) is 59.9. The zero-order valence-electron chi connectivity index (χ0n) is 27.3. The summed E-state index contributed by atoms with van der Waals surface area (Å²) in [5, 5.41) is 8.17.